The minimum absolute atomic E-state index is 0.0603. The minimum atomic E-state index is -0.572. The number of rotatable bonds is 5. The first-order valence-corrected chi connectivity index (χ1v) is 6.29. The third-order valence-electron chi connectivity index (χ3n) is 2.89. The van der Waals surface area contributed by atoms with Crippen molar-refractivity contribution in [3.05, 3.63) is 59.4 Å². The summed E-state index contributed by atoms with van der Waals surface area (Å²) in [5.74, 6) is -0.442. The van der Waals surface area contributed by atoms with E-state index in [1.54, 1.807) is 24.3 Å². The van der Waals surface area contributed by atoms with E-state index < -0.39 is 5.82 Å². The largest absolute Gasteiger partial charge is 0.454 e. The highest BCUT2D eigenvalue weighted by Gasteiger charge is 2.14. The Morgan fingerprint density at radius 1 is 1.20 bits per heavy atom. The number of carbonyl (C=O) groups excluding carboxylic acids is 1. The maximum atomic E-state index is 13.8. The van der Waals surface area contributed by atoms with Crippen LogP contribution in [0.25, 0.3) is 0 Å². The Morgan fingerprint density at radius 3 is 2.50 bits per heavy atom. The number of benzene rings is 2. The summed E-state index contributed by atoms with van der Waals surface area (Å²) in [6, 6.07) is 11.2. The molecule has 0 saturated carbocycles. The Kier molecular flexibility index (Phi) is 4.48. The molecule has 0 radical (unpaired) electrons. The van der Waals surface area contributed by atoms with E-state index in [0.717, 1.165) is 5.56 Å². The molecule has 0 fully saturated rings. The molecule has 0 aliphatic carbocycles. The second-order valence-electron chi connectivity index (χ2n) is 4.39. The van der Waals surface area contributed by atoms with Gasteiger partial charge in [-0.25, -0.2) is 4.39 Å². The highest BCUT2D eigenvalue weighted by atomic mass is 19.1. The maximum Gasteiger partial charge on any atom is 0.173 e. The molecular weight excluding hydrogens is 259 g/mol. The monoisotopic (exact) mass is 274 g/mol. The smallest absolute Gasteiger partial charge is 0.173 e. The van der Waals surface area contributed by atoms with Crippen molar-refractivity contribution in [2.24, 2.45) is 0 Å². The van der Waals surface area contributed by atoms with Gasteiger partial charge in [0.05, 0.1) is 5.56 Å². The number of hydrogen-bond donors (Lipinski definition) is 1. The molecule has 0 atom stereocenters. The van der Waals surface area contributed by atoms with E-state index >= 15 is 0 Å². The second kappa shape index (κ2) is 6.30. The van der Waals surface area contributed by atoms with Crippen LogP contribution in [0.4, 0.5) is 4.39 Å². The van der Waals surface area contributed by atoms with Crippen molar-refractivity contribution >= 4 is 5.78 Å². The number of para-hydroxylation sites is 1. The highest BCUT2D eigenvalue weighted by Crippen LogP contribution is 2.29. The normalized spacial score (nSPS) is 10.3. The summed E-state index contributed by atoms with van der Waals surface area (Å²) in [5.41, 5.74) is 1.17. The number of aliphatic hydroxyl groups excluding tert-OH is 1. The molecule has 0 heterocycles. The number of Topliss-reactive ketones (excluding diaryl/α,β-unsaturated/α-hetero) is 1. The van der Waals surface area contributed by atoms with Gasteiger partial charge in [0.1, 0.15) is 5.75 Å². The van der Waals surface area contributed by atoms with Crippen LogP contribution in [0.15, 0.2) is 42.5 Å². The molecule has 0 saturated heterocycles. The van der Waals surface area contributed by atoms with Gasteiger partial charge in [0.2, 0.25) is 0 Å². The van der Waals surface area contributed by atoms with Crippen LogP contribution in [0.1, 0.15) is 22.8 Å². The Labute approximate surface area is 116 Å². The van der Waals surface area contributed by atoms with Crippen molar-refractivity contribution in [3.8, 4) is 11.5 Å². The molecule has 2 aromatic rings. The predicted octanol–water partition coefficient (Wildman–Crippen LogP) is 3.36. The quantitative estimate of drug-likeness (QED) is 0.850. The molecule has 0 unspecified atom stereocenters. The number of hydrogen-bond acceptors (Lipinski definition) is 3. The lowest BCUT2D eigenvalue weighted by atomic mass is 10.1. The van der Waals surface area contributed by atoms with Crippen LogP contribution >= 0.6 is 0 Å². The fourth-order valence-corrected chi connectivity index (χ4v) is 1.86. The molecule has 0 spiro atoms. The summed E-state index contributed by atoms with van der Waals surface area (Å²) in [7, 11) is 0. The fraction of sp³-hybridized carbons (Fsp3) is 0.188. The Bertz CT molecular complexity index is 606. The van der Waals surface area contributed by atoms with Gasteiger partial charge >= 0.3 is 0 Å². The lowest BCUT2D eigenvalue weighted by molar-refractivity contribution is 0.101. The molecule has 0 bridgehead atoms. The van der Waals surface area contributed by atoms with E-state index in [1.807, 2.05) is 0 Å². The van der Waals surface area contributed by atoms with Crippen LogP contribution in [0.2, 0.25) is 0 Å². The number of ketones is 1. The van der Waals surface area contributed by atoms with Crippen molar-refractivity contribution in [1.29, 1.82) is 0 Å². The molecule has 104 valence electrons. The van der Waals surface area contributed by atoms with Crippen LogP contribution < -0.4 is 4.74 Å². The summed E-state index contributed by atoms with van der Waals surface area (Å²) in [5, 5.41) is 8.84. The Hall–Kier alpha value is -2.20. The van der Waals surface area contributed by atoms with Crippen molar-refractivity contribution in [2.75, 3.05) is 6.61 Å². The molecule has 1 N–H and O–H groups in total. The van der Waals surface area contributed by atoms with Crippen molar-refractivity contribution in [1.82, 2.24) is 0 Å². The molecule has 0 amide bonds. The van der Waals surface area contributed by atoms with Crippen molar-refractivity contribution in [2.45, 2.75) is 13.3 Å². The average Bonchev–Trinajstić information content (AvgIpc) is 2.43. The van der Waals surface area contributed by atoms with E-state index in [0.29, 0.717) is 12.2 Å². The van der Waals surface area contributed by atoms with E-state index in [2.05, 4.69) is 0 Å². The SMILES string of the molecule is CC(=O)c1cccc(F)c1Oc1ccc(CCO)cc1. The van der Waals surface area contributed by atoms with Crippen molar-refractivity contribution < 1.29 is 19.0 Å². The highest BCUT2D eigenvalue weighted by molar-refractivity contribution is 5.96. The van der Waals surface area contributed by atoms with Gasteiger partial charge in [0.15, 0.2) is 17.3 Å². The van der Waals surface area contributed by atoms with Crippen LogP contribution in [0.5, 0.6) is 11.5 Å². The Balaban J connectivity index is 2.27. The summed E-state index contributed by atoms with van der Waals surface area (Å²) in [4.78, 5) is 11.5. The van der Waals surface area contributed by atoms with Gasteiger partial charge in [0, 0.05) is 6.61 Å². The van der Waals surface area contributed by atoms with E-state index in [9.17, 15) is 9.18 Å². The van der Waals surface area contributed by atoms with Crippen LogP contribution in [-0.2, 0) is 6.42 Å². The first-order valence-electron chi connectivity index (χ1n) is 6.29. The predicted molar refractivity (Wildman–Crippen MR) is 73.7 cm³/mol. The lowest BCUT2D eigenvalue weighted by Crippen LogP contribution is -1.99. The molecule has 20 heavy (non-hydrogen) atoms. The summed E-state index contributed by atoms with van der Waals surface area (Å²) < 4.78 is 19.3. The van der Waals surface area contributed by atoms with Crippen LogP contribution in [0.3, 0.4) is 0 Å². The molecule has 3 nitrogen and oxygen atoms in total. The topological polar surface area (TPSA) is 46.5 Å². The third-order valence-corrected chi connectivity index (χ3v) is 2.89. The average molecular weight is 274 g/mol. The van der Waals surface area contributed by atoms with Gasteiger partial charge in [0.25, 0.3) is 0 Å². The summed E-state index contributed by atoms with van der Waals surface area (Å²) in [6.07, 6.45) is 0.554. The lowest BCUT2D eigenvalue weighted by Gasteiger charge is -2.10. The number of ether oxygens (including phenoxy) is 1. The summed E-state index contributed by atoms with van der Waals surface area (Å²) >= 11 is 0. The molecule has 0 aliphatic rings. The summed E-state index contributed by atoms with van der Waals surface area (Å²) in [6.45, 7) is 1.44. The standard InChI is InChI=1S/C16H15FO3/c1-11(19)14-3-2-4-15(17)16(14)20-13-7-5-12(6-8-13)9-10-18/h2-8,18H,9-10H2,1H3. The van der Waals surface area contributed by atoms with E-state index in [-0.39, 0.29) is 23.7 Å². The van der Waals surface area contributed by atoms with Gasteiger partial charge < -0.3 is 9.84 Å². The second-order valence-corrected chi connectivity index (χ2v) is 4.39. The van der Waals surface area contributed by atoms with Gasteiger partial charge in [-0.1, -0.05) is 18.2 Å². The molecule has 2 rings (SSSR count). The molecule has 0 aliphatic heterocycles. The van der Waals surface area contributed by atoms with E-state index in [1.165, 1.54) is 25.1 Å². The van der Waals surface area contributed by atoms with Crippen LogP contribution in [-0.4, -0.2) is 17.5 Å². The fourth-order valence-electron chi connectivity index (χ4n) is 1.86. The zero-order chi connectivity index (χ0) is 14.5. The zero-order valence-electron chi connectivity index (χ0n) is 11.1. The van der Waals surface area contributed by atoms with Crippen molar-refractivity contribution in [3.63, 3.8) is 0 Å². The minimum Gasteiger partial charge on any atom is -0.454 e. The van der Waals surface area contributed by atoms with Gasteiger partial charge in [-0.2, -0.15) is 0 Å². The zero-order valence-corrected chi connectivity index (χ0v) is 11.1. The number of carbonyl (C=O) groups is 1. The first kappa shape index (κ1) is 14.2. The molecule has 0 aromatic heterocycles. The molecule has 4 heteroatoms. The Morgan fingerprint density at radius 2 is 1.90 bits per heavy atom. The number of halogens is 1. The van der Waals surface area contributed by atoms with Gasteiger partial charge in [-0.05, 0) is 43.2 Å². The number of aliphatic hydroxyl groups is 1. The van der Waals surface area contributed by atoms with E-state index in [4.69, 9.17) is 9.84 Å². The van der Waals surface area contributed by atoms with Crippen LogP contribution in [0, 0.1) is 5.82 Å². The third kappa shape index (κ3) is 3.22. The maximum absolute atomic E-state index is 13.8. The molecule has 2 aromatic carbocycles. The van der Waals surface area contributed by atoms with Gasteiger partial charge in [-0.15, -0.1) is 0 Å². The molecular formula is C16H15FO3. The van der Waals surface area contributed by atoms with Gasteiger partial charge in [-0.3, -0.25) is 4.79 Å². The first-order chi connectivity index (χ1) is 9.61.